The first-order chi connectivity index (χ1) is 14.2. The second-order valence-corrected chi connectivity index (χ2v) is 9.40. The van der Waals surface area contributed by atoms with E-state index >= 15 is 0 Å². The third kappa shape index (κ3) is 38.3. The number of carboxylic acids is 1. The number of hydrogen-bond donors (Lipinski definition) is 2. The minimum absolute atomic E-state index is 0. The number of unbranched alkanes of at least 4 members (excludes halogenated alkanes) is 10. The molecule has 0 fully saturated rings. The summed E-state index contributed by atoms with van der Waals surface area (Å²) < 4.78 is 29.9. The number of aliphatic carboxylic acids is 1. The molecule has 0 aromatic heterocycles. The average Bonchev–Trinajstić information content (AvgIpc) is 2.66. The molecule has 0 aliphatic rings. The van der Waals surface area contributed by atoms with Gasteiger partial charge in [0.25, 0.3) is 0 Å². The first-order valence-corrected chi connectivity index (χ1v) is 13.3. The van der Waals surface area contributed by atoms with Gasteiger partial charge in [0.05, 0.1) is 16.2 Å². The van der Waals surface area contributed by atoms with Gasteiger partial charge >= 0.3 is 57.4 Å². The molecule has 31 heavy (non-hydrogen) atoms. The fraction of sp³-hybridized carbons (Fsp3) is 0.870. The van der Waals surface area contributed by atoms with Crippen molar-refractivity contribution in [2.75, 3.05) is 5.75 Å². The van der Waals surface area contributed by atoms with Crippen LogP contribution in [-0.2, 0) is 14.9 Å². The van der Waals surface area contributed by atoms with E-state index in [1.807, 2.05) is 6.92 Å². The quantitative estimate of drug-likeness (QED) is 0.125. The van der Waals surface area contributed by atoms with Gasteiger partial charge in [-0.25, -0.2) is 8.42 Å². The molecular formula is C23H45KO6S. The predicted octanol–water partition coefficient (Wildman–Crippen LogP) is 2.81. The number of aliphatic hydroxyl groups excluding tert-OH is 1. The number of allylic oxidation sites excluding steroid dienone is 1. The molecule has 0 aromatic rings. The molecule has 6 nitrogen and oxygen atoms in total. The fourth-order valence-electron chi connectivity index (χ4n) is 2.89. The topological polar surface area (TPSA) is 115 Å². The summed E-state index contributed by atoms with van der Waals surface area (Å²) in [5, 5.41) is 18.3. The Labute approximate surface area is 233 Å². The van der Waals surface area contributed by atoms with Gasteiger partial charge < -0.3 is 14.8 Å². The van der Waals surface area contributed by atoms with E-state index in [9.17, 15) is 22.9 Å². The molecule has 0 bridgehead atoms. The Morgan fingerprint density at radius 1 is 0.871 bits per heavy atom. The van der Waals surface area contributed by atoms with Gasteiger partial charge in [-0.1, -0.05) is 83.8 Å². The van der Waals surface area contributed by atoms with Crippen molar-refractivity contribution in [2.45, 2.75) is 123 Å². The van der Waals surface area contributed by atoms with E-state index in [1.54, 1.807) is 0 Å². The monoisotopic (exact) mass is 488 g/mol. The van der Waals surface area contributed by atoms with E-state index in [-0.39, 0.29) is 63.2 Å². The maximum absolute atomic E-state index is 10.3. The Kier molecular flexibility index (Phi) is 31.6. The van der Waals surface area contributed by atoms with E-state index in [0.717, 1.165) is 64.2 Å². The Bertz CT molecular complexity index is 508. The molecule has 1 atom stereocenters. The van der Waals surface area contributed by atoms with Crippen LogP contribution in [0, 0.1) is 0 Å². The zero-order chi connectivity index (χ0) is 23.1. The molecule has 0 aromatic carbocycles. The van der Waals surface area contributed by atoms with E-state index in [0.29, 0.717) is 12.8 Å². The standard InChI is InChI=1S/C18H34O3.C5H12O3S.K/c1-2-3-4-11-14-17(19)15-12-9-7-5-6-8-10-13-16-18(20)21;1-2-3-4-5-9(6,7)8;/h9,12,17,19H,2-8,10-11,13-16H2,1H3,(H,20,21);2-5H2,1H3,(H,6,7,8);/q;;+1/p-1/b12-9-;;/t17-;;/m1../s1. The largest absolute Gasteiger partial charge is 1.00 e. The van der Waals surface area contributed by atoms with Gasteiger partial charge in [-0.3, -0.25) is 4.79 Å². The summed E-state index contributed by atoms with van der Waals surface area (Å²) in [5.74, 6) is -0.896. The summed E-state index contributed by atoms with van der Waals surface area (Å²) in [7, 11) is -3.95. The van der Waals surface area contributed by atoms with Gasteiger partial charge in [0, 0.05) is 12.2 Å². The summed E-state index contributed by atoms with van der Waals surface area (Å²) in [5.41, 5.74) is 0. The minimum atomic E-state index is -3.95. The summed E-state index contributed by atoms with van der Waals surface area (Å²) in [4.78, 5) is 10.3. The predicted molar refractivity (Wildman–Crippen MR) is 123 cm³/mol. The van der Waals surface area contributed by atoms with Crippen molar-refractivity contribution in [1.82, 2.24) is 0 Å². The van der Waals surface area contributed by atoms with Gasteiger partial charge in [-0.05, 0) is 38.5 Å². The van der Waals surface area contributed by atoms with Gasteiger partial charge in [0.2, 0.25) is 0 Å². The summed E-state index contributed by atoms with van der Waals surface area (Å²) in [6.45, 7) is 4.16. The van der Waals surface area contributed by atoms with Gasteiger partial charge in [0.15, 0.2) is 0 Å². The molecule has 0 aliphatic carbocycles. The second-order valence-electron chi connectivity index (χ2n) is 7.88. The van der Waals surface area contributed by atoms with Crippen LogP contribution in [-0.4, -0.2) is 41.0 Å². The third-order valence-corrected chi connectivity index (χ3v) is 5.51. The molecule has 0 rings (SSSR count). The number of rotatable bonds is 19. The van der Waals surface area contributed by atoms with Crippen LogP contribution in [0.25, 0.3) is 0 Å². The van der Waals surface area contributed by atoms with Crippen LogP contribution in [0.1, 0.15) is 117 Å². The van der Waals surface area contributed by atoms with Crippen molar-refractivity contribution < 1.29 is 79.4 Å². The molecule has 2 N–H and O–H groups in total. The fourth-order valence-corrected chi connectivity index (χ4v) is 3.45. The molecular weight excluding hydrogens is 443 g/mol. The van der Waals surface area contributed by atoms with E-state index in [4.69, 9.17) is 5.11 Å². The summed E-state index contributed by atoms with van der Waals surface area (Å²) in [6.07, 6.45) is 19.6. The number of hydrogen-bond acceptors (Lipinski definition) is 5. The van der Waals surface area contributed by atoms with Crippen LogP contribution in [0.3, 0.4) is 0 Å². The molecule has 0 saturated heterocycles. The van der Waals surface area contributed by atoms with Crippen molar-refractivity contribution in [3.8, 4) is 0 Å². The van der Waals surface area contributed by atoms with Crippen LogP contribution < -0.4 is 51.4 Å². The molecule has 0 aliphatic heterocycles. The second kappa shape index (κ2) is 27.0. The number of carboxylic acid groups (broad SMARTS) is 1. The number of aliphatic hydroxyl groups is 1. The smallest absolute Gasteiger partial charge is 0.748 e. The maximum atomic E-state index is 10.3. The Morgan fingerprint density at radius 3 is 2.00 bits per heavy atom. The van der Waals surface area contributed by atoms with E-state index in [2.05, 4.69) is 19.1 Å². The summed E-state index contributed by atoms with van der Waals surface area (Å²) >= 11 is 0. The van der Waals surface area contributed by atoms with Crippen molar-refractivity contribution >= 4 is 16.1 Å². The zero-order valence-corrected chi connectivity index (χ0v) is 24.1. The molecule has 180 valence electrons. The van der Waals surface area contributed by atoms with Crippen molar-refractivity contribution in [2.24, 2.45) is 0 Å². The van der Waals surface area contributed by atoms with Crippen molar-refractivity contribution in [1.29, 1.82) is 0 Å². The van der Waals surface area contributed by atoms with Crippen LogP contribution in [0.4, 0.5) is 0 Å². The first-order valence-electron chi connectivity index (χ1n) is 11.7. The Balaban J connectivity index is -0.000000662. The van der Waals surface area contributed by atoms with Crippen LogP contribution in [0.15, 0.2) is 12.2 Å². The summed E-state index contributed by atoms with van der Waals surface area (Å²) in [6, 6.07) is 0. The molecule has 0 amide bonds. The molecule has 0 saturated carbocycles. The maximum Gasteiger partial charge on any atom is 1.00 e. The van der Waals surface area contributed by atoms with Crippen LogP contribution in [0.5, 0.6) is 0 Å². The SMILES string of the molecule is CCCCCC[C@@H](O)C/C=C\CCCCCCCC(=O)O.CCCCCS(=O)(=O)[O-].[K+]. The van der Waals surface area contributed by atoms with E-state index < -0.39 is 16.1 Å². The Hall–Kier alpha value is 0.716. The van der Waals surface area contributed by atoms with Crippen molar-refractivity contribution in [3.63, 3.8) is 0 Å². The molecule has 8 heteroatoms. The van der Waals surface area contributed by atoms with E-state index in [1.165, 1.54) is 25.7 Å². The van der Waals surface area contributed by atoms with Gasteiger partial charge in [0.1, 0.15) is 0 Å². The third-order valence-electron chi connectivity index (χ3n) is 4.73. The average molecular weight is 489 g/mol. The van der Waals surface area contributed by atoms with Crippen LogP contribution in [0.2, 0.25) is 0 Å². The van der Waals surface area contributed by atoms with Gasteiger partial charge in [-0.15, -0.1) is 0 Å². The van der Waals surface area contributed by atoms with Gasteiger partial charge in [-0.2, -0.15) is 0 Å². The minimum Gasteiger partial charge on any atom is -0.748 e. The van der Waals surface area contributed by atoms with Crippen LogP contribution >= 0.6 is 0 Å². The molecule has 0 radical (unpaired) electrons. The molecule has 0 heterocycles. The normalized spacial score (nSPS) is 12.1. The molecule has 0 unspecified atom stereocenters. The zero-order valence-electron chi connectivity index (χ0n) is 20.2. The number of carbonyl (C=O) groups is 1. The first kappa shape index (κ1) is 36.3. The Morgan fingerprint density at radius 2 is 1.42 bits per heavy atom. The van der Waals surface area contributed by atoms with Crippen molar-refractivity contribution in [3.05, 3.63) is 12.2 Å². The molecule has 0 spiro atoms.